The van der Waals surface area contributed by atoms with Crippen molar-refractivity contribution in [3.63, 3.8) is 0 Å². The molecular weight excluding hydrogens is 516 g/mol. The summed E-state index contributed by atoms with van der Waals surface area (Å²) in [5.41, 5.74) is 2.21. The molecular formula is C22H18Br2N2O4. The maximum atomic E-state index is 12.3. The van der Waals surface area contributed by atoms with Crippen LogP contribution in [0.2, 0.25) is 0 Å². The molecule has 0 radical (unpaired) electrons. The molecule has 0 saturated heterocycles. The van der Waals surface area contributed by atoms with E-state index >= 15 is 0 Å². The number of Topliss-reactive ketones (excluding diaryl/α,β-unsaturated/α-hetero) is 2. The van der Waals surface area contributed by atoms with E-state index in [9.17, 15) is 19.2 Å². The molecule has 0 saturated carbocycles. The van der Waals surface area contributed by atoms with Crippen LogP contribution < -0.4 is 9.80 Å². The van der Waals surface area contributed by atoms with Gasteiger partial charge in [-0.05, 0) is 49.2 Å². The average molecular weight is 534 g/mol. The third-order valence-corrected chi connectivity index (χ3v) is 6.37. The van der Waals surface area contributed by atoms with E-state index in [1.807, 2.05) is 12.1 Å². The summed E-state index contributed by atoms with van der Waals surface area (Å²) in [5.74, 6) is -1.89. The van der Waals surface area contributed by atoms with Crippen molar-refractivity contribution >= 4 is 66.6 Å². The Hall–Kier alpha value is -2.32. The lowest BCUT2D eigenvalue weighted by Crippen LogP contribution is -2.31. The van der Waals surface area contributed by atoms with Crippen LogP contribution in [-0.4, -0.2) is 36.5 Å². The molecule has 2 amide bonds. The number of unbranched alkanes of at least 4 members (excludes halogenated alkanes) is 3. The van der Waals surface area contributed by atoms with E-state index in [4.69, 9.17) is 0 Å². The van der Waals surface area contributed by atoms with Crippen LogP contribution in [0, 0.1) is 0 Å². The van der Waals surface area contributed by atoms with Crippen LogP contribution >= 0.6 is 31.9 Å². The summed E-state index contributed by atoms with van der Waals surface area (Å²) in [6.45, 7) is 0.967. The second kappa shape index (κ2) is 8.43. The van der Waals surface area contributed by atoms with E-state index in [-0.39, 0.29) is 0 Å². The molecule has 0 fully saturated rings. The van der Waals surface area contributed by atoms with Crippen molar-refractivity contribution in [1.82, 2.24) is 0 Å². The van der Waals surface area contributed by atoms with Gasteiger partial charge in [0.2, 0.25) is 0 Å². The summed E-state index contributed by atoms with van der Waals surface area (Å²) in [5, 5.41) is 0. The van der Waals surface area contributed by atoms with Crippen molar-refractivity contribution in [1.29, 1.82) is 0 Å². The molecule has 4 rings (SSSR count). The van der Waals surface area contributed by atoms with E-state index in [2.05, 4.69) is 31.9 Å². The number of fused-ring (bicyclic) bond motifs is 2. The summed E-state index contributed by atoms with van der Waals surface area (Å²) in [7, 11) is 0. The predicted octanol–water partition coefficient (Wildman–Crippen LogP) is 4.53. The maximum absolute atomic E-state index is 12.3. The number of nitrogens with zero attached hydrogens (tertiary/aromatic N) is 2. The zero-order valence-electron chi connectivity index (χ0n) is 16.0. The Morgan fingerprint density at radius 1 is 0.600 bits per heavy atom. The van der Waals surface area contributed by atoms with E-state index < -0.39 is 23.4 Å². The molecule has 0 aliphatic carbocycles. The molecule has 0 bridgehead atoms. The topological polar surface area (TPSA) is 74.8 Å². The normalized spacial score (nSPS) is 15.3. The van der Waals surface area contributed by atoms with Crippen molar-refractivity contribution < 1.29 is 19.2 Å². The molecule has 0 aromatic heterocycles. The quantitative estimate of drug-likeness (QED) is 0.387. The van der Waals surface area contributed by atoms with Gasteiger partial charge in [0.05, 0.1) is 22.5 Å². The van der Waals surface area contributed by atoms with E-state index in [1.54, 1.807) is 34.1 Å². The van der Waals surface area contributed by atoms with Crippen molar-refractivity contribution in [3.8, 4) is 0 Å². The fraction of sp³-hybridized carbons (Fsp3) is 0.273. The molecule has 154 valence electrons. The van der Waals surface area contributed by atoms with E-state index in [1.165, 1.54) is 0 Å². The highest BCUT2D eigenvalue weighted by atomic mass is 79.9. The molecule has 2 aromatic carbocycles. The summed E-state index contributed by atoms with van der Waals surface area (Å²) < 4.78 is 1.54. The minimum absolute atomic E-state index is 0.442. The smallest absolute Gasteiger partial charge is 0.299 e. The standard InChI is InChI=1S/C22H18Br2N2O4/c23-13-5-7-17-15(11-13)19(27)21(29)25(17)9-3-1-2-4-10-26-18-8-6-14(24)12-16(18)20(28)22(26)30/h5-8,11-12H,1-4,9-10H2. The van der Waals surface area contributed by atoms with Crippen LogP contribution in [-0.2, 0) is 9.59 Å². The molecule has 6 nitrogen and oxygen atoms in total. The van der Waals surface area contributed by atoms with Gasteiger partial charge in [0, 0.05) is 22.0 Å². The van der Waals surface area contributed by atoms with Crippen molar-refractivity contribution in [2.75, 3.05) is 22.9 Å². The molecule has 2 aliphatic rings. The highest BCUT2D eigenvalue weighted by Gasteiger charge is 2.36. The minimum Gasteiger partial charge on any atom is -0.305 e. The molecule has 0 spiro atoms. The summed E-state index contributed by atoms with van der Waals surface area (Å²) >= 11 is 6.66. The summed E-state index contributed by atoms with van der Waals surface area (Å²) in [6, 6.07) is 10.6. The molecule has 0 atom stereocenters. The number of amides is 2. The second-order valence-electron chi connectivity index (χ2n) is 7.31. The molecule has 2 heterocycles. The predicted molar refractivity (Wildman–Crippen MR) is 120 cm³/mol. The van der Waals surface area contributed by atoms with Gasteiger partial charge >= 0.3 is 0 Å². The zero-order valence-corrected chi connectivity index (χ0v) is 19.2. The highest BCUT2D eigenvalue weighted by molar-refractivity contribution is 9.10. The van der Waals surface area contributed by atoms with Crippen molar-refractivity contribution in [2.45, 2.75) is 25.7 Å². The number of hydrogen-bond donors (Lipinski definition) is 0. The number of benzene rings is 2. The monoisotopic (exact) mass is 532 g/mol. The SMILES string of the molecule is O=C1C(=O)N(CCCCCCN2C(=O)C(=O)c3cc(Br)ccc32)c2ccc(Br)cc21. The second-order valence-corrected chi connectivity index (χ2v) is 9.14. The van der Waals surface area contributed by atoms with Crippen molar-refractivity contribution in [3.05, 3.63) is 56.5 Å². The number of ketones is 2. The molecule has 0 unspecified atom stereocenters. The Bertz CT molecular complexity index is 997. The Morgan fingerprint density at radius 2 is 1.00 bits per heavy atom. The number of hydrogen-bond acceptors (Lipinski definition) is 4. The van der Waals surface area contributed by atoms with Gasteiger partial charge in [-0.25, -0.2) is 0 Å². The lowest BCUT2D eigenvalue weighted by atomic mass is 10.1. The zero-order chi connectivity index (χ0) is 21.4. The van der Waals surface area contributed by atoms with Gasteiger partial charge in [0.25, 0.3) is 23.4 Å². The maximum Gasteiger partial charge on any atom is 0.299 e. The lowest BCUT2D eigenvalue weighted by Gasteiger charge is -2.18. The molecule has 8 heteroatoms. The van der Waals surface area contributed by atoms with Gasteiger partial charge in [-0.3, -0.25) is 19.2 Å². The Labute approximate surface area is 190 Å². The van der Waals surface area contributed by atoms with Gasteiger partial charge in [0.15, 0.2) is 0 Å². The minimum atomic E-state index is -0.480. The highest BCUT2D eigenvalue weighted by Crippen LogP contribution is 2.33. The van der Waals surface area contributed by atoms with Gasteiger partial charge in [-0.1, -0.05) is 44.7 Å². The Morgan fingerprint density at radius 3 is 1.40 bits per heavy atom. The Balaban J connectivity index is 1.27. The van der Waals surface area contributed by atoms with Gasteiger partial charge in [0.1, 0.15) is 0 Å². The van der Waals surface area contributed by atoms with Crippen LogP contribution in [0.3, 0.4) is 0 Å². The first-order chi connectivity index (χ1) is 14.4. The molecule has 0 N–H and O–H groups in total. The lowest BCUT2D eigenvalue weighted by molar-refractivity contribution is -0.115. The largest absolute Gasteiger partial charge is 0.305 e. The first-order valence-electron chi connectivity index (χ1n) is 9.70. The Kier molecular flexibility index (Phi) is 5.88. The van der Waals surface area contributed by atoms with Crippen LogP contribution in [0.4, 0.5) is 11.4 Å². The number of halogens is 2. The number of anilines is 2. The van der Waals surface area contributed by atoms with Crippen LogP contribution in [0.25, 0.3) is 0 Å². The number of carbonyl (C=O) groups excluding carboxylic acids is 4. The fourth-order valence-electron chi connectivity index (χ4n) is 3.88. The first-order valence-corrected chi connectivity index (χ1v) is 11.3. The van der Waals surface area contributed by atoms with E-state index in [0.717, 1.165) is 34.6 Å². The number of carbonyl (C=O) groups is 4. The van der Waals surface area contributed by atoms with E-state index in [0.29, 0.717) is 35.6 Å². The fourth-order valence-corrected chi connectivity index (χ4v) is 4.60. The van der Waals surface area contributed by atoms with Crippen LogP contribution in [0.5, 0.6) is 0 Å². The van der Waals surface area contributed by atoms with Gasteiger partial charge in [-0.15, -0.1) is 0 Å². The van der Waals surface area contributed by atoms with Gasteiger partial charge < -0.3 is 9.80 Å². The third kappa shape index (κ3) is 3.74. The summed E-state index contributed by atoms with van der Waals surface area (Å²) in [4.78, 5) is 51.9. The third-order valence-electron chi connectivity index (χ3n) is 5.38. The average Bonchev–Trinajstić information content (AvgIpc) is 3.10. The summed E-state index contributed by atoms with van der Waals surface area (Å²) in [6.07, 6.45) is 3.22. The molecule has 2 aliphatic heterocycles. The van der Waals surface area contributed by atoms with Crippen LogP contribution in [0.1, 0.15) is 46.4 Å². The molecule has 2 aromatic rings. The van der Waals surface area contributed by atoms with Gasteiger partial charge in [-0.2, -0.15) is 0 Å². The van der Waals surface area contributed by atoms with Crippen molar-refractivity contribution in [2.24, 2.45) is 0 Å². The first kappa shape index (κ1) is 20.9. The van der Waals surface area contributed by atoms with Crippen LogP contribution in [0.15, 0.2) is 45.3 Å². The molecule has 30 heavy (non-hydrogen) atoms. The number of rotatable bonds is 7.